The number of thiazole rings is 1. The van der Waals surface area contributed by atoms with Crippen molar-refractivity contribution in [1.82, 2.24) is 4.57 Å². The van der Waals surface area contributed by atoms with Crippen LogP contribution in [-0.4, -0.2) is 17.1 Å². The SMILES string of the molecule is CCOc1ccccc1-n1c(N)c(C(=O)Nc2ccccc2C)sc1=S. The van der Waals surface area contributed by atoms with Crippen molar-refractivity contribution in [3.8, 4) is 11.4 Å². The van der Waals surface area contributed by atoms with Gasteiger partial charge in [-0.3, -0.25) is 9.36 Å². The van der Waals surface area contributed by atoms with E-state index in [0.717, 1.165) is 16.9 Å². The highest BCUT2D eigenvalue weighted by Gasteiger charge is 2.20. The Morgan fingerprint density at radius 1 is 1.23 bits per heavy atom. The fraction of sp³-hybridized carbons (Fsp3) is 0.158. The van der Waals surface area contributed by atoms with E-state index in [0.29, 0.717) is 27.0 Å². The normalized spacial score (nSPS) is 10.5. The molecule has 0 aliphatic heterocycles. The lowest BCUT2D eigenvalue weighted by molar-refractivity contribution is 0.103. The summed E-state index contributed by atoms with van der Waals surface area (Å²) in [5, 5.41) is 2.90. The summed E-state index contributed by atoms with van der Waals surface area (Å²) in [6.07, 6.45) is 0. The van der Waals surface area contributed by atoms with Crippen molar-refractivity contribution in [3.05, 3.63) is 62.9 Å². The fourth-order valence-corrected chi connectivity index (χ4v) is 3.84. The fourth-order valence-electron chi connectivity index (χ4n) is 2.59. The minimum absolute atomic E-state index is 0.277. The highest BCUT2D eigenvalue weighted by atomic mass is 32.1. The predicted octanol–water partition coefficient (Wildman–Crippen LogP) is 4.81. The second-order valence-corrected chi connectivity index (χ2v) is 7.23. The van der Waals surface area contributed by atoms with Gasteiger partial charge in [0.25, 0.3) is 5.91 Å². The first-order valence-corrected chi connectivity index (χ1v) is 9.36. The molecule has 3 rings (SSSR count). The van der Waals surface area contributed by atoms with Crippen LogP contribution in [0.3, 0.4) is 0 Å². The topological polar surface area (TPSA) is 69.3 Å². The van der Waals surface area contributed by atoms with E-state index >= 15 is 0 Å². The molecule has 26 heavy (non-hydrogen) atoms. The van der Waals surface area contributed by atoms with Crippen molar-refractivity contribution in [2.45, 2.75) is 13.8 Å². The molecule has 3 aromatic rings. The van der Waals surface area contributed by atoms with Crippen LogP contribution in [0.2, 0.25) is 0 Å². The summed E-state index contributed by atoms with van der Waals surface area (Å²) in [6.45, 7) is 4.37. The Balaban J connectivity index is 2.00. The molecule has 0 radical (unpaired) electrons. The molecular weight excluding hydrogens is 366 g/mol. The van der Waals surface area contributed by atoms with Crippen LogP contribution >= 0.6 is 23.6 Å². The molecule has 1 aromatic heterocycles. The smallest absolute Gasteiger partial charge is 0.269 e. The Kier molecular flexibility index (Phi) is 5.39. The highest BCUT2D eigenvalue weighted by molar-refractivity contribution is 7.73. The summed E-state index contributed by atoms with van der Waals surface area (Å²) in [4.78, 5) is 13.1. The van der Waals surface area contributed by atoms with Crippen LogP contribution in [0.5, 0.6) is 5.75 Å². The molecule has 0 atom stereocenters. The number of aromatic nitrogens is 1. The molecule has 0 unspecified atom stereocenters. The third-order valence-corrected chi connectivity index (χ3v) is 5.24. The first kappa shape index (κ1) is 18.2. The van der Waals surface area contributed by atoms with E-state index in [1.54, 1.807) is 4.57 Å². The number of para-hydroxylation sites is 3. The molecule has 7 heteroatoms. The number of ether oxygens (including phenoxy) is 1. The first-order chi connectivity index (χ1) is 12.5. The zero-order valence-corrected chi connectivity index (χ0v) is 16.1. The number of nitrogens with one attached hydrogen (secondary N) is 1. The number of carbonyl (C=O) groups is 1. The molecular formula is C19H19N3O2S2. The number of aryl methyl sites for hydroxylation is 1. The largest absolute Gasteiger partial charge is 0.492 e. The molecule has 0 aliphatic rings. The third kappa shape index (κ3) is 3.49. The second-order valence-electron chi connectivity index (χ2n) is 5.59. The van der Waals surface area contributed by atoms with E-state index in [4.69, 9.17) is 22.7 Å². The minimum Gasteiger partial charge on any atom is -0.492 e. The summed E-state index contributed by atoms with van der Waals surface area (Å²) in [5.74, 6) is 0.695. The molecule has 0 bridgehead atoms. The number of hydrogen-bond donors (Lipinski definition) is 2. The number of nitrogen functional groups attached to an aromatic ring is 1. The molecule has 0 spiro atoms. The van der Waals surface area contributed by atoms with Gasteiger partial charge in [-0.25, -0.2) is 0 Å². The number of anilines is 2. The average Bonchev–Trinajstić information content (AvgIpc) is 2.92. The molecule has 0 saturated heterocycles. The van der Waals surface area contributed by atoms with Crippen LogP contribution in [0.4, 0.5) is 11.5 Å². The first-order valence-electron chi connectivity index (χ1n) is 8.13. The van der Waals surface area contributed by atoms with Gasteiger partial charge in [0, 0.05) is 5.69 Å². The van der Waals surface area contributed by atoms with Gasteiger partial charge in [0.2, 0.25) is 0 Å². The lowest BCUT2D eigenvalue weighted by Crippen LogP contribution is -2.14. The maximum absolute atomic E-state index is 12.7. The van der Waals surface area contributed by atoms with Crippen molar-refractivity contribution in [3.63, 3.8) is 0 Å². The lowest BCUT2D eigenvalue weighted by Gasteiger charge is -2.12. The van der Waals surface area contributed by atoms with Gasteiger partial charge in [-0.2, -0.15) is 0 Å². The van der Waals surface area contributed by atoms with Crippen LogP contribution in [0.25, 0.3) is 5.69 Å². The number of benzene rings is 2. The Labute approximate surface area is 161 Å². The van der Waals surface area contributed by atoms with E-state index in [2.05, 4.69) is 5.32 Å². The van der Waals surface area contributed by atoms with Gasteiger partial charge in [0.05, 0.1) is 12.3 Å². The van der Waals surface area contributed by atoms with Crippen molar-refractivity contribution in [2.75, 3.05) is 17.7 Å². The maximum atomic E-state index is 12.7. The van der Waals surface area contributed by atoms with E-state index in [1.165, 1.54) is 11.3 Å². The highest BCUT2D eigenvalue weighted by Crippen LogP contribution is 2.32. The van der Waals surface area contributed by atoms with Gasteiger partial charge < -0.3 is 15.8 Å². The van der Waals surface area contributed by atoms with Gasteiger partial charge >= 0.3 is 0 Å². The molecule has 0 saturated carbocycles. The van der Waals surface area contributed by atoms with Crippen molar-refractivity contribution < 1.29 is 9.53 Å². The van der Waals surface area contributed by atoms with E-state index < -0.39 is 0 Å². The minimum atomic E-state index is -0.277. The molecule has 0 aliphatic carbocycles. The maximum Gasteiger partial charge on any atom is 0.269 e. The van der Waals surface area contributed by atoms with Gasteiger partial charge in [0.1, 0.15) is 16.4 Å². The van der Waals surface area contributed by atoms with E-state index in [9.17, 15) is 4.79 Å². The van der Waals surface area contributed by atoms with Crippen LogP contribution in [0, 0.1) is 10.9 Å². The summed E-state index contributed by atoms with van der Waals surface area (Å²) >= 11 is 6.64. The van der Waals surface area contributed by atoms with Crippen LogP contribution in [-0.2, 0) is 0 Å². The lowest BCUT2D eigenvalue weighted by atomic mass is 10.2. The number of nitrogens with zero attached hydrogens (tertiary/aromatic N) is 1. The van der Waals surface area contributed by atoms with Gasteiger partial charge in [-0.05, 0) is 49.8 Å². The summed E-state index contributed by atoms with van der Waals surface area (Å²) in [7, 11) is 0. The monoisotopic (exact) mass is 385 g/mol. The van der Waals surface area contributed by atoms with Crippen LogP contribution in [0.1, 0.15) is 22.2 Å². The molecule has 2 aromatic carbocycles. The average molecular weight is 386 g/mol. The standard InChI is InChI=1S/C19H19N3O2S2/c1-3-24-15-11-7-6-10-14(15)22-17(20)16(26-19(22)25)18(23)21-13-9-5-4-8-12(13)2/h4-11H,3,20H2,1-2H3,(H,21,23). The van der Waals surface area contributed by atoms with Gasteiger partial charge in [-0.1, -0.05) is 41.7 Å². The van der Waals surface area contributed by atoms with E-state index in [-0.39, 0.29) is 5.91 Å². The Hall–Kier alpha value is -2.64. The Morgan fingerprint density at radius 3 is 2.65 bits per heavy atom. The predicted molar refractivity (Wildman–Crippen MR) is 109 cm³/mol. The van der Waals surface area contributed by atoms with Crippen LogP contribution in [0.15, 0.2) is 48.5 Å². The second kappa shape index (κ2) is 7.72. The summed E-state index contributed by atoms with van der Waals surface area (Å²) in [5.41, 5.74) is 8.73. The zero-order chi connectivity index (χ0) is 18.7. The molecule has 1 amide bonds. The number of amides is 1. The summed E-state index contributed by atoms with van der Waals surface area (Å²) in [6, 6.07) is 15.1. The third-order valence-electron chi connectivity index (χ3n) is 3.85. The molecule has 3 N–H and O–H groups in total. The number of hydrogen-bond acceptors (Lipinski definition) is 5. The Morgan fingerprint density at radius 2 is 1.92 bits per heavy atom. The quantitative estimate of drug-likeness (QED) is 0.619. The van der Waals surface area contributed by atoms with Crippen molar-refractivity contribution in [2.24, 2.45) is 0 Å². The van der Waals surface area contributed by atoms with Gasteiger partial charge in [0.15, 0.2) is 3.95 Å². The van der Waals surface area contributed by atoms with E-state index in [1.807, 2.05) is 62.4 Å². The van der Waals surface area contributed by atoms with Crippen LogP contribution < -0.4 is 15.8 Å². The molecule has 5 nitrogen and oxygen atoms in total. The molecule has 134 valence electrons. The number of nitrogens with two attached hydrogens (primary N) is 1. The Bertz CT molecular complexity index is 1010. The van der Waals surface area contributed by atoms with Crippen molar-refractivity contribution in [1.29, 1.82) is 0 Å². The molecule has 1 heterocycles. The number of carbonyl (C=O) groups excluding carboxylic acids is 1. The molecule has 0 fully saturated rings. The van der Waals surface area contributed by atoms with Gasteiger partial charge in [-0.15, -0.1) is 0 Å². The zero-order valence-electron chi connectivity index (χ0n) is 14.5. The number of rotatable bonds is 5. The summed E-state index contributed by atoms with van der Waals surface area (Å²) < 4.78 is 7.83. The van der Waals surface area contributed by atoms with Crippen molar-refractivity contribution >= 4 is 41.0 Å².